The molecule has 0 saturated carbocycles. The summed E-state index contributed by atoms with van der Waals surface area (Å²) >= 11 is 1.46. The van der Waals surface area contributed by atoms with Gasteiger partial charge < -0.3 is 9.47 Å². The Morgan fingerprint density at radius 2 is 1.71 bits per heavy atom. The van der Waals surface area contributed by atoms with Gasteiger partial charge in [0.2, 0.25) is 5.75 Å². The lowest BCUT2D eigenvalue weighted by Gasteiger charge is -2.21. The molecule has 0 spiro atoms. The van der Waals surface area contributed by atoms with Crippen molar-refractivity contribution in [3.8, 4) is 23.0 Å². The maximum atomic E-state index is 13.8. The third-order valence-electron chi connectivity index (χ3n) is 2.50. The molecule has 0 N–H and O–H groups in total. The first-order valence-corrected chi connectivity index (χ1v) is 6.32. The van der Waals surface area contributed by atoms with Crippen LogP contribution >= 0.6 is 11.8 Å². The van der Waals surface area contributed by atoms with Crippen molar-refractivity contribution in [1.82, 2.24) is 0 Å². The zero-order valence-corrected chi connectivity index (χ0v) is 9.88. The molecule has 1 aliphatic heterocycles. The predicted octanol–water partition coefficient (Wildman–Crippen LogP) is 4.45. The lowest BCUT2D eigenvalue weighted by atomic mass is 10.2. The first kappa shape index (κ1) is 10.5. The van der Waals surface area contributed by atoms with Crippen molar-refractivity contribution < 1.29 is 13.9 Å². The Labute approximate surface area is 102 Å². The molecule has 2 aromatic carbocycles. The molecule has 0 bridgehead atoms. The molecule has 0 saturated heterocycles. The highest BCUT2D eigenvalue weighted by Gasteiger charge is 2.22. The van der Waals surface area contributed by atoms with Crippen LogP contribution in [-0.4, -0.2) is 6.26 Å². The monoisotopic (exact) mass is 248 g/mol. The van der Waals surface area contributed by atoms with E-state index < -0.39 is 5.82 Å². The quantitative estimate of drug-likeness (QED) is 0.593. The molecule has 0 atom stereocenters. The zero-order chi connectivity index (χ0) is 11.8. The van der Waals surface area contributed by atoms with E-state index in [1.54, 1.807) is 18.2 Å². The molecule has 3 rings (SSSR count). The van der Waals surface area contributed by atoms with E-state index in [9.17, 15) is 4.39 Å². The average Bonchev–Trinajstić information content (AvgIpc) is 2.36. The van der Waals surface area contributed by atoms with Gasteiger partial charge in [0.1, 0.15) is 0 Å². The van der Waals surface area contributed by atoms with E-state index in [1.165, 1.54) is 17.8 Å². The Balaban J connectivity index is 2.11. The highest BCUT2D eigenvalue weighted by atomic mass is 32.2. The molecule has 17 heavy (non-hydrogen) atoms. The summed E-state index contributed by atoms with van der Waals surface area (Å²) in [6.45, 7) is 0. The van der Waals surface area contributed by atoms with Crippen LogP contribution < -0.4 is 9.47 Å². The summed E-state index contributed by atoms with van der Waals surface area (Å²) in [6.07, 6.45) is 1.89. The number of hydrogen-bond donors (Lipinski definition) is 0. The van der Waals surface area contributed by atoms with E-state index in [0.717, 1.165) is 4.90 Å². The van der Waals surface area contributed by atoms with E-state index in [2.05, 4.69) is 0 Å². The van der Waals surface area contributed by atoms with Gasteiger partial charge in [-0.3, -0.25) is 0 Å². The number of ether oxygens (including phenoxy) is 2. The lowest BCUT2D eigenvalue weighted by Crippen LogP contribution is -2.00. The van der Waals surface area contributed by atoms with Crippen molar-refractivity contribution in [2.24, 2.45) is 0 Å². The Bertz CT molecular complexity index is 584. The van der Waals surface area contributed by atoms with Crippen LogP contribution in [0, 0.1) is 5.82 Å². The molecule has 1 aliphatic rings. The molecule has 1 heterocycles. The highest BCUT2D eigenvalue weighted by Crippen LogP contribution is 2.47. The fraction of sp³-hybridized carbons (Fsp3) is 0.0769. The van der Waals surface area contributed by atoms with Gasteiger partial charge in [-0.05, 0) is 30.5 Å². The Morgan fingerprint density at radius 3 is 2.41 bits per heavy atom. The van der Waals surface area contributed by atoms with Crippen molar-refractivity contribution in [3.05, 3.63) is 42.2 Å². The fourth-order valence-corrected chi connectivity index (χ4v) is 2.13. The van der Waals surface area contributed by atoms with Crippen LogP contribution in [0.4, 0.5) is 4.39 Å². The molecule has 0 aromatic heterocycles. The van der Waals surface area contributed by atoms with Crippen LogP contribution in [0.3, 0.4) is 0 Å². The van der Waals surface area contributed by atoms with Gasteiger partial charge in [-0.25, -0.2) is 4.39 Å². The normalized spacial score (nSPS) is 12.1. The van der Waals surface area contributed by atoms with E-state index >= 15 is 0 Å². The summed E-state index contributed by atoms with van der Waals surface area (Å²) in [5.74, 6) is 1.32. The summed E-state index contributed by atoms with van der Waals surface area (Å²) < 4.78 is 24.9. The minimum atomic E-state index is -0.402. The molecular formula is C13H9FO2S. The van der Waals surface area contributed by atoms with Crippen LogP contribution in [0.1, 0.15) is 0 Å². The second kappa shape index (κ2) is 3.96. The Kier molecular flexibility index (Phi) is 2.44. The first-order chi connectivity index (χ1) is 8.28. The van der Waals surface area contributed by atoms with E-state index in [4.69, 9.17) is 9.47 Å². The van der Waals surface area contributed by atoms with Gasteiger partial charge in [-0.2, -0.15) is 0 Å². The topological polar surface area (TPSA) is 18.5 Å². The number of halogens is 1. The Hall–Kier alpha value is -1.68. The number of thioether (sulfide) groups is 1. The van der Waals surface area contributed by atoms with Crippen LogP contribution in [0.15, 0.2) is 41.3 Å². The number of rotatable bonds is 1. The van der Waals surface area contributed by atoms with Gasteiger partial charge in [-0.15, -0.1) is 11.8 Å². The summed E-state index contributed by atoms with van der Waals surface area (Å²) in [5.41, 5.74) is 0. The summed E-state index contributed by atoms with van der Waals surface area (Å²) in [5, 5.41) is 0. The number of benzene rings is 2. The minimum absolute atomic E-state index is 0.154. The summed E-state index contributed by atoms with van der Waals surface area (Å²) in [7, 11) is 0. The molecule has 2 aromatic rings. The number of para-hydroxylation sites is 2. The molecule has 0 aliphatic carbocycles. The number of hydrogen-bond acceptors (Lipinski definition) is 3. The number of fused-ring (bicyclic) bond motifs is 2. The average molecular weight is 248 g/mol. The van der Waals surface area contributed by atoms with Crippen LogP contribution in [0.5, 0.6) is 23.0 Å². The standard InChI is InChI=1S/C13H9FO2S/c1-17-8-6-9(14)13-12(7-8)15-10-4-2-3-5-11(10)16-13/h2-7H,1H3. The predicted molar refractivity (Wildman–Crippen MR) is 64.8 cm³/mol. The molecule has 2 nitrogen and oxygen atoms in total. The van der Waals surface area contributed by atoms with Gasteiger partial charge in [0.25, 0.3) is 0 Å². The smallest absolute Gasteiger partial charge is 0.205 e. The van der Waals surface area contributed by atoms with Gasteiger partial charge in [0.05, 0.1) is 0 Å². The second-order valence-corrected chi connectivity index (χ2v) is 4.47. The van der Waals surface area contributed by atoms with Crippen molar-refractivity contribution in [2.75, 3.05) is 6.26 Å². The molecule has 0 fully saturated rings. The fourth-order valence-electron chi connectivity index (χ4n) is 1.68. The van der Waals surface area contributed by atoms with E-state index in [1.807, 2.05) is 18.4 Å². The molecule has 0 radical (unpaired) electrons. The van der Waals surface area contributed by atoms with Gasteiger partial charge in [0.15, 0.2) is 23.1 Å². The Morgan fingerprint density at radius 1 is 1.00 bits per heavy atom. The van der Waals surface area contributed by atoms with Crippen LogP contribution in [0.25, 0.3) is 0 Å². The molecular weight excluding hydrogens is 239 g/mol. The lowest BCUT2D eigenvalue weighted by molar-refractivity contribution is 0.341. The van der Waals surface area contributed by atoms with Crippen molar-refractivity contribution >= 4 is 11.8 Å². The molecule has 86 valence electrons. The molecule has 4 heteroatoms. The van der Waals surface area contributed by atoms with Crippen LogP contribution in [-0.2, 0) is 0 Å². The van der Waals surface area contributed by atoms with E-state index in [0.29, 0.717) is 17.2 Å². The molecule has 0 unspecified atom stereocenters. The SMILES string of the molecule is CSc1cc(F)c2c(c1)Oc1ccccc1O2. The first-order valence-electron chi connectivity index (χ1n) is 5.10. The summed E-state index contributed by atoms with van der Waals surface area (Å²) in [6, 6.07) is 10.4. The van der Waals surface area contributed by atoms with Crippen molar-refractivity contribution in [2.45, 2.75) is 4.90 Å². The van der Waals surface area contributed by atoms with Crippen molar-refractivity contribution in [3.63, 3.8) is 0 Å². The third kappa shape index (κ3) is 1.74. The molecule has 0 amide bonds. The van der Waals surface area contributed by atoms with Gasteiger partial charge in [0, 0.05) is 4.90 Å². The third-order valence-corrected chi connectivity index (χ3v) is 3.21. The summed E-state index contributed by atoms with van der Waals surface area (Å²) in [4.78, 5) is 0.809. The second-order valence-electron chi connectivity index (χ2n) is 3.59. The van der Waals surface area contributed by atoms with Crippen LogP contribution in [0.2, 0.25) is 0 Å². The highest BCUT2D eigenvalue weighted by molar-refractivity contribution is 7.98. The maximum Gasteiger partial charge on any atom is 0.205 e. The van der Waals surface area contributed by atoms with E-state index in [-0.39, 0.29) is 5.75 Å². The van der Waals surface area contributed by atoms with Gasteiger partial charge >= 0.3 is 0 Å². The van der Waals surface area contributed by atoms with Crippen molar-refractivity contribution in [1.29, 1.82) is 0 Å². The largest absolute Gasteiger partial charge is 0.449 e. The van der Waals surface area contributed by atoms with Gasteiger partial charge in [-0.1, -0.05) is 12.1 Å². The zero-order valence-electron chi connectivity index (χ0n) is 9.07. The minimum Gasteiger partial charge on any atom is -0.449 e. The maximum absolute atomic E-state index is 13.8.